The summed E-state index contributed by atoms with van der Waals surface area (Å²) < 4.78 is 4.33. The van der Waals surface area contributed by atoms with Crippen LogP contribution in [0.25, 0.3) is 0 Å². The first kappa shape index (κ1) is 10.0. The van der Waals surface area contributed by atoms with Crippen LogP contribution in [-0.2, 0) is 9.53 Å². The first-order chi connectivity index (χ1) is 6.74. The van der Waals surface area contributed by atoms with Crippen LogP contribution in [-0.4, -0.2) is 40.9 Å². The molecule has 0 radical (unpaired) electrons. The minimum atomic E-state index is -0.527. The number of methoxy groups -OCH3 is 1. The van der Waals surface area contributed by atoms with Crippen LogP contribution in [0.3, 0.4) is 0 Å². The van der Waals surface area contributed by atoms with E-state index in [-0.39, 0.29) is 12.2 Å². The van der Waals surface area contributed by atoms with Crippen LogP contribution in [0.2, 0.25) is 0 Å². The van der Waals surface area contributed by atoms with Gasteiger partial charge in [-0.1, -0.05) is 0 Å². The molecule has 74 valence electrons. The number of nitrogens with zero attached hydrogens (tertiary/aromatic N) is 3. The second-order valence-electron chi connectivity index (χ2n) is 2.26. The van der Waals surface area contributed by atoms with E-state index in [1.54, 1.807) is 0 Å². The summed E-state index contributed by atoms with van der Waals surface area (Å²) >= 11 is 0. The Labute approximate surface area is 79.5 Å². The highest BCUT2D eigenvalue weighted by molar-refractivity contribution is 5.93. The number of hydrogen-bond acceptors (Lipinski definition) is 6. The van der Waals surface area contributed by atoms with E-state index in [2.05, 4.69) is 25.5 Å². The molecule has 1 heterocycles. The third-order valence-electron chi connectivity index (χ3n) is 1.36. The summed E-state index contributed by atoms with van der Waals surface area (Å²) in [6.45, 7) is -0.195. The molecule has 0 aliphatic carbocycles. The number of esters is 1. The van der Waals surface area contributed by atoms with E-state index in [9.17, 15) is 9.59 Å². The molecule has 0 aliphatic heterocycles. The fourth-order valence-electron chi connectivity index (χ4n) is 0.677. The van der Waals surface area contributed by atoms with Crippen molar-refractivity contribution in [3.63, 3.8) is 0 Å². The number of carbonyl (C=O) groups excluding carboxylic acids is 2. The second-order valence-corrected chi connectivity index (χ2v) is 2.26. The van der Waals surface area contributed by atoms with E-state index in [1.165, 1.54) is 19.4 Å². The molecule has 7 heteroatoms. The maximum atomic E-state index is 11.2. The molecule has 0 aromatic carbocycles. The van der Waals surface area contributed by atoms with Crippen molar-refractivity contribution in [2.45, 2.75) is 0 Å². The van der Waals surface area contributed by atoms with Crippen LogP contribution in [0.15, 0.2) is 12.3 Å². The second kappa shape index (κ2) is 4.85. The summed E-state index contributed by atoms with van der Waals surface area (Å²) in [6.07, 6.45) is 1.33. The summed E-state index contributed by atoms with van der Waals surface area (Å²) in [5.41, 5.74) is 0.101. The van der Waals surface area contributed by atoms with E-state index >= 15 is 0 Å². The van der Waals surface area contributed by atoms with Gasteiger partial charge in [0.1, 0.15) is 6.54 Å². The highest BCUT2D eigenvalue weighted by atomic mass is 16.5. The Morgan fingerprint density at radius 2 is 2.36 bits per heavy atom. The zero-order chi connectivity index (χ0) is 10.4. The van der Waals surface area contributed by atoms with E-state index in [1.807, 2.05) is 0 Å². The quantitative estimate of drug-likeness (QED) is 0.608. The van der Waals surface area contributed by atoms with Crippen molar-refractivity contribution in [2.24, 2.45) is 0 Å². The van der Waals surface area contributed by atoms with Gasteiger partial charge in [-0.15, -0.1) is 10.2 Å². The average Bonchev–Trinajstić information content (AvgIpc) is 2.26. The Morgan fingerprint density at radius 3 is 2.93 bits per heavy atom. The molecule has 1 N–H and O–H groups in total. The van der Waals surface area contributed by atoms with Gasteiger partial charge in [-0.25, -0.2) is 0 Å². The molecule has 1 aromatic rings. The summed E-state index contributed by atoms with van der Waals surface area (Å²) in [6, 6.07) is 1.39. The van der Waals surface area contributed by atoms with Crippen molar-refractivity contribution in [1.29, 1.82) is 0 Å². The number of ether oxygens (including phenoxy) is 1. The molecule has 0 unspecified atom stereocenters. The predicted molar refractivity (Wildman–Crippen MR) is 44.2 cm³/mol. The van der Waals surface area contributed by atoms with Gasteiger partial charge in [-0.05, 0) is 11.3 Å². The van der Waals surface area contributed by atoms with Crippen molar-refractivity contribution >= 4 is 11.9 Å². The Bertz CT molecular complexity index is 327. The first-order valence-electron chi connectivity index (χ1n) is 3.73. The zero-order valence-electron chi connectivity index (χ0n) is 7.43. The standard InChI is InChI=1S/C7H8N4O3/c1-14-6(12)4-8-7(13)5-2-3-9-11-10-5/h2-3H,4H2,1H3,(H,8,13). The van der Waals surface area contributed by atoms with E-state index in [0.717, 1.165) is 0 Å². The van der Waals surface area contributed by atoms with Crippen LogP contribution >= 0.6 is 0 Å². The van der Waals surface area contributed by atoms with Gasteiger partial charge >= 0.3 is 5.97 Å². The van der Waals surface area contributed by atoms with E-state index in [0.29, 0.717) is 0 Å². The molecule has 0 saturated carbocycles. The van der Waals surface area contributed by atoms with Crippen molar-refractivity contribution in [1.82, 2.24) is 20.7 Å². The number of nitrogens with one attached hydrogen (secondary N) is 1. The van der Waals surface area contributed by atoms with Gasteiger partial charge in [0.15, 0.2) is 5.69 Å². The molecular weight excluding hydrogens is 188 g/mol. The van der Waals surface area contributed by atoms with Gasteiger partial charge in [-0.2, -0.15) is 0 Å². The predicted octanol–water partition coefficient (Wildman–Crippen LogP) is -1.23. The number of carbonyl (C=O) groups is 2. The molecule has 0 atom stereocenters. The molecule has 0 spiro atoms. The van der Waals surface area contributed by atoms with Crippen LogP contribution in [0.5, 0.6) is 0 Å². The molecule has 0 fully saturated rings. The molecule has 0 saturated heterocycles. The van der Waals surface area contributed by atoms with Gasteiger partial charge in [0.05, 0.1) is 13.3 Å². The number of aromatic nitrogens is 3. The van der Waals surface area contributed by atoms with Crippen LogP contribution in [0, 0.1) is 0 Å². The fourth-order valence-corrected chi connectivity index (χ4v) is 0.677. The fraction of sp³-hybridized carbons (Fsp3) is 0.286. The molecule has 1 amide bonds. The van der Waals surface area contributed by atoms with Crippen LogP contribution in [0.4, 0.5) is 0 Å². The highest BCUT2D eigenvalue weighted by Gasteiger charge is 2.08. The summed E-state index contributed by atoms with van der Waals surface area (Å²) in [7, 11) is 1.24. The Hall–Kier alpha value is -2.05. The number of rotatable bonds is 3. The van der Waals surface area contributed by atoms with Gasteiger partial charge in [-0.3, -0.25) is 9.59 Å². The first-order valence-corrected chi connectivity index (χ1v) is 3.73. The van der Waals surface area contributed by atoms with Crippen LogP contribution in [0.1, 0.15) is 10.5 Å². The molecule has 7 nitrogen and oxygen atoms in total. The normalized spacial score (nSPS) is 9.21. The van der Waals surface area contributed by atoms with Crippen molar-refractivity contribution in [3.05, 3.63) is 18.0 Å². The highest BCUT2D eigenvalue weighted by Crippen LogP contribution is 1.88. The summed E-state index contributed by atoms with van der Waals surface area (Å²) in [5.74, 6) is -1.02. The van der Waals surface area contributed by atoms with E-state index in [4.69, 9.17) is 0 Å². The minimum Gasteiger partial charge on any atom is -0.468 e. The Kier molecular flexibility index (Phi) is 3.48. The van der Waals surface area contributed by atoms with Crippen molar-refractivity contribution in [2.75, 3.05) is 13.7 Å². The topological polar surface area (TPSA) is 94.1 Å². The number of amides is 1. The largest absolute Gasteiger partial charge is 0.468 e. The Morgan fingerprint density at radius 1 is 1.57 bits per heavy atom. The minimum absolute atomic E-state index is 0.101. The van der Waals surface area contributed by atoms with Gasteiger partial charge in [0.25, 0.3) is 5.91 Å². The van der Waals surface area contributed by atoms with Crippen molar-refractivity contribution in [3.8, 4) is 0 Å². The number of hydrogen-bond donors (Lipinski definition) is 1. The molecular formula is C7H8N4O3. The zero-order valence-corrected chi connectivity index (χ0v) is 7.43. The maximum Gasteiger partial charge on any atom is 0.325 e. The lowest BCUT2D eigenvalue weighted by atomic mass is 10.4. The lowest BCUT2D eigenvalue weighted by Crippen LogP contribution is -2.30. The maximum absolute atomic E-state index is 11.2. The Balaban J connectivity index is 2.48. The van der Waals surface area contributed by atoms with Crippen molar-refractivity contribution < 1.29 is 14.3 Å². The molecule has 1 aromatic heterocycles. The van der Waals surface area contributed by atoms with Gasteiger partial charge in [0, 0.05) is 0 Å². The van der Waals surface area contributed by atoms with Gasteiger partial charge in [0.2, 0.25) is 0 Å². The monoisotopic (exact) mass is 196 g/mol. The molecule has 0 bridgehead atoms. The SMILES string of the molecule is COC(=O)CNC(=O)c1ccnnn1. The summed E-state index contributed by atoms with van der Waals surface area (Å²) in [4.78, 5) is 21.9. The molecule has 1 rings (SSSR count). The molecule has 14 heavy (non-hydrogen) atoms. The van der Waals surface area contributed by atoms with Crippen LogP contribution < -0.4 is 5.32 Å². The average molecular weight is 196 g/mol. The van der Waals surface area contributed by atoms with E-state index < -0.39 is 11.9 Å². The third-order valence-corrected chi connectivity index (χ3v) is 1.36. The third kappa shape index (κ3) is 2.77. The summed E-state index contributed by atoms with van der Waals surface area (Å²) in [5, 5.41) is 12.4. The lowest BCUT2D eigenvalue weighted by Gasteiger charge is -2.01. The lowest BCUT2D eigenvalue weighted by molar-refractivity contribution is -0.139. The van der Waals surface area contributed by atoms with Gasteiger partial charge < -0.3 is 10.1 Å². The molecule has 0 aliphatic rings. The smallest absolute Gasteiger partial charge is 0.325 e.